The zero-order chi connectivity index (χ0) is 29.2. The molecule has 2 aliphatic heterocycles. The Kier molecular flexibility index (Phi) is 5.51. The van der Waals surface area contributed by atoms with Crippen LogP contribution in [0.1, 0.15) is 73.8 Å². The number of hydrogen-bond acceptors (Lipinski definition) is 10. The second kappa shape index (κ2) is 8.98. The van der Waals surface area contributed by atoms with Crippen LogP contribution in [0.2, 0.25) is 0 Å². The third-order valence-electron chi connectivity index (χ3n) is 6.56. The van der Waals surface area contributed by atoms with Gasteiger partial charge in [0.1, 0.15) is 5.82 Å². The predicted molar refractivity (Wildman–Crippen MR) is 135 cm³/mol. The van der Waals surface area contributed by atoms with Gasteiger partial charge in [0, 0.05) is 12.4 Å². The van der Waals surface area contributed by atoms with E-state index in [0.717, 1.165) is 12.1 Å². The largest absolute Gasteiger partial charge is 0.478 e. The van der Waals surface area contributed by atoms with Crippen LogP contribution < -0.4 is 9.80 Å². The molecule has 2 aromatic carbocycles. The number of benzene rings is 2. The number of nitrogens with zero attached hydrogens (tertiary/aromatic N) is 7. The molecule has 0 atom stereocenters. The molecule has 0 bridgehead atoms. The molecule has 4 aromatic rings. The lowest BCUT2D eigenvalue weighted by molar-refractivity contribution is 0.0686. The van der Waals surface area contributed by atoms with Gasteiger partial charge < -0.3 is 14.8 Å². The third-order valence-corrected chi connectivity index (χ3v) is 6.56. The van der Waals surface area contributed by atoms with Gasteiger partial charge in [0.05, 0.1) is 39.9 Å². The second-order valence-corrected chi connectivity index (χ2v) is 8.98. The Labute approximate surface area is 228 Å². The fourth-order valence-corrected chi connectivity index (χ4v) is 4.50. The molecule has 15 heteroatoms. The molecular formula is C26H15N7O8. The van der Waals surface area contributed by atoms with Crippen molar-refractivity contribution in [1.29, 1.82) is 0 Å². The number of carboxylic acid groups (broad SMARTS) is 2. The zero-order valence-electron chi connectivity index (χ0n) is 20.8. The van der Waals surface area contributed by atoms with Crippen molar-refractivity contribution in [3.63, 3.8) is 0 Å². The van der Waals surface area contributed by atoms with Crippen LogP contribution in [0.5, 0.6) is 0 Å². The fourth-order valence-electron chi connectivity index (χ4n) is 4.50. The number of imide groups is 2. The Bertz CT molecular complexity index is 1780. The summed E-state index contributed by atoms with van der Waals surface area (Å²) in [4.78, 5) is 93.9. The highest BCUT2D eigenvalue weighted by atomic mass is 16.4. The SMILES string of the molecule is Cc1nccn1Cc1nc(N2C(=O)c3ccc(C(=O)O)cc3C2=O)nc(N2C(=O)c3ccc(C(=O)O)cc3C2=O)n1. The Morgan fingerprint density at radius 1 is 0.707 bits per heavy atom. The van der Waals surface area contributed by atoms with E-state index in [9.17, 15) is 39.0 Å². The molecule has 0 saturated carbocycles. The van der Waals surface area contributed by atoms with E-state index in [1.165, 1.54) is 30.5 Å². The zero-order valence-corrected chi connectivity index (χ0v) is 20.8. The van der Waals surface area contributed by atoms with E-state index in [1.807, 2.05) is 0 Å². The van der Waals surface area contributed by atoms with Gasteiger partial charge in [-0.2, -0.15) is 15.0 Å². The summed E-state index contributed by atoms with van der Waals surface area (Å²) in [6, 6.07) is 6.85. The Morgan fingerprint density at radius 3 is 1.59 bits per heavy atom. The number of anilines is 2. The molecule has 0 aliphatic carbocycles. The summed E-state index contributed by atoms with van der Waals surface area (Å²) in [5.41, 5.74) is -0.986. The summed E-state index contributed by atoms with van der Waals surface area (Å²) in [7, 11) is 0. The van der Waals surface area contributed by atoms with Crippen molar-refractivity contribution in [3.05, 3.63) is 93.8 Å². The topological polar surface area (TPSA) is 206 Å². The van der Waals surface area contributed by atoms with Gasteiger partial charge in [0.25, 0.3) is 23.6 Å². The molecule has 0 unspecified atom stereocenters. The molecule has 4 amide bonds. The highest BCUT2D eigenvalue weighted by Crippen LogP contribution is 2.31. The van der Waals surface area contributed by atoms with Crippen molar-refractivity contribution in [2.24, 2.45) is 0 Å². The molecule has 2 N–H and O–H groups in total. The number of carbonyl (C=O) groups is 6. The highest BCUT2D eigenvalue weighted by molar-refractivity contribution is 6.35. The van der Waals surface area contributed by atoms with Crippen LogP contribution in [0, 0.1) is 6.92 Å². The average Bonchev–Trinajstić information content (AvgIpc) is 3.54. The Hall–Kier alpha value is -6.12. The Balaban J connectivity index is 1.47. The van der Waals surface area contributed by atoms with E-state index in [-0.39, 0.29) is 45.7 Å². The first kappa shape index (κ1) is 25.2. The average molecular weight is 553 g/mol. The minimum absolute atomic E-state index is 0.0448. The number of amides is 4. The molecule has 0 saturated heterocycles. The lowest BCUT2D eigenvalue weighted by Crippen LogP contribution is -2.35. The standard InChI is InChI=1S/C26H15N7O8/c1-11-27-6-7-31(11)10-18-28-25(32-19(34)14-4-2-12(23(38)39)8-16(14)21(32)36)30-26(29-18)33-20(35)15-5-3-13(24(40)41)9-17(15)22(33)37/h2-9H,10H2,1H3,(H,38,39)(H,40,41). The van der Waals surface area contributed by atoms with Gasteiger partial charge in [-0.3, -0.25) is 19.2 Å². The molecule has 15 nitrogen and oxygen atoms in total. The van der Waals surface area contributed by atoms with Crippen molar-refractivity contribution in [2.75, 3.05) is 9.80 Å². The van der Waals surface area contributed by atoms with E-state index in [1.54, 1.807) is 17.7 Å². The second-order valence-electron chi connectivity index (χ2n) is 8.98. The fraction of sp³-hybridized carbons (Fsp3) is 0.0769. The maximum Gasteiger partial charge on any atom is 0.335 e. The number of aromatic carboxylic acids is 2. The highest BCUT2D eigenvalue weighted by Gasteiger charge is 2.42. The summed E-state index contributed by atoms with van der Waals surface area (Å²) in [6.45, 7) is 1.66. The molecular weight excluding hydrogens is 538 g/mol. The predicted octanol–water partition coefficient (Wildman–Crippen LogP) is 1.42. The van der Waals surface area contributed by atoms with E-state index in [4.69, 9.17) is 0 Å². The van der Waals surface area contributed by atoms with Crippen molar-refractivity contribution in [1.82, 2.24) is 24.5 Å². The van der Waals surface area contributed by atoms with E-state index >= 15 is 0 Å². The minimum atomic E-state index is -1.30. The van der Waals surface area contributed by atoms with Gasteiger partial charge in [0.15, 0.2) is 5.82 Å². The third kappa shape index (κ3) is 3.91. The number of aromatic nitrogens is 5. The molecule has 0 fully saturated rings. The van der Waals surface area contributed by atoms with Gasteiger partial charge in [-0.25, -0.2) is 24.4 Å². The lowest BCUT2D eigenvalue weighted by Gasteiger charge is -2.17. The van der Waals surface area contributed by atoms with Crippen LogP contribution in [-0.4, -0.2) is 70.3 Å². The number of imidazole rings is 1. The number of fused-ring (bicyclic) bond motifs is 2. The van der Waals surface area contributed by atoms with Crippen LogP contribution in [-0.2, 0) is 6.54 Å². The minimum Gasteiger partial charge on any atom is -0.478 e. The summed E-state index contributed by atoms with van der Waals surface area (Å²) < 4.78 is 1.63. The first-order chi connectivity index (χ1) is 19.5. The van der Waals surface area contributed by atoms with Crippen LogP contribution >= 0.6 is 0 Å². The van der Waals surface area contributed by atoms with E-state index < -0.39 is 47.5 Å². The van der Waals surface area contributed by atoms with Crippen LogP contribution in [0.3, 0.4) is 0 Å². The molecule has 2 aromatic heterocycles. The number of hydrogen-bond donors (Lipinski definition) is 2. The van der Waals surface area contributed by atoms with Crippen molar-refractivity contribution >= 4 is 47.5 Å². The summed E-state index contributed by atoms with van der Waals surface area (Å²) in [6.07, 6.45) is 3.14. The van der Waals surface area contributed by atoms with E-state index in [0.29, 0.717) is 15.6 Å². The molecule has 0 spiro atoms. The van der Waals surface area contributed by atoms with Gasteiger partial charge in [0.2, 0.25) is 11.9 Å². The summed E-state index contributed by atoms with van der Waals surface area (Å²) in [5.74, 6) is -6.62. The quantitative estimate of drug-likeness (QED) is 0.325. The molecule has 0 radical (unpaired) electrons. The first-order valence-corrected chi connectivity index (χ1v) is 11.8. The van der Waals surface area contributed by atoms with Gasteiger partial charge in [-0.1, -0.05) is 0 Å². The van der Waals surface area contributed by atoms with Crippen LogP contribution in [0.15, 0.2) is 48.8 Å². The molecule has 202 valence electrons. The maximum absolute atomic E-state index is 13.3. The lowest BCUT2D eigenvalue weighted by atomic mass is 10.1. The van der Waals surface area contributed by atoms with E-state index in [2.05, 4.69) is 19.9 Å². The Morgan fingerprint density at radius 2 is 1.17 bits per heavy atom. The monoisotopic (exact) mass is 553 g/mol. The maximum atomic E-state index is 13.3. The van der Waals surface area contributed by atoms with Gasteiger partial charge >= 0.3 is 11.9 Å². The summed E-state index contributed by atoms with van der Waals surface area (Å²) >= 11 is 0. The number of aryl methyl sites for hydroxylation is 1. The summed E-state index contributed by atoms with van der Waals surface area (Å²) in [5, 5.41) is 18.6. The number of carbonyl (C=O) groups excluding carboxylic acids is 4. The van der Waals surface area contributed by atoms with Gasteiger partial charge in [-0.15, -0.1) is 0 Å². The molecule has 41 heavy (non-hydrogen) atoms. The molecule has 4 heterocycles. The number of rotatable bonds is 6. The van der Waals surface area contributed by atoms with Crippen molar-refractivity contribution in [3.8, 4) is 0 Å². The van der Waals surface area contributed by atoms with Crippen LogP contribution in [0.25, 0.3) is 0 Å². The van der Waals surface area contributed by atoms with Crippen molar-refractivity contribution in [2.45, 2.75) is 13.5 Å². The van der Waals surface area contributed by atoms with Crippen molar-refractivity contribution < 1.29 is 39.0 Å². The first-order valence-electron chi connectivity index (χ1n) is 11.8. The molecule has 2 aliphatic rings. The van der Waals surface area contributed by atoms with Gasteiger partial charge in [-0.05, 0) is 43.3 Å². The van der Waals surface area contributed by atoms with Crippen LogP contribution in [0.4, 0.5) is 11.9 Å². The normalized spacial score (nSPS) is 14.1. The number of carboxylic acids is 2. The molecule has 6 rings (SSSR count). The smallest absolute Gasteiger partial charge is 0.335 e.